The summed E-state index contributed by atoms with van der Waals surface area (Å²) in [6.45, 7) is 2.30. The molecule has 0 spiro atoms. The zero-order valence-corrected chi connectivity index (χ0v) is 16.9. The molecule has 8 nitrogen and oxygen atoms in total. The van der Waals surface area contributed by atoms with Crippen LogP contribution < -0.4 is 10.7 Å². The molecular formula is C22H22FN5O3. The number of benzene rings is 2. The average molecular weight is 423 g/mol. The van der Waals surface area contributed by atoms with E-state index in [1.807, 2.05) is 37.3 Å². The molecule has 2 N–H and O–H groups in total. The highest BCUT2D eigenvalue weighted by Gasteiger charge is 2.46. The Morgan fingerprint density at radius 1 is 1.06 bits per heavy atom. The molecule has 4 rings (SSSR count). The number of nitrogens with zero attached hydrogens (tertiary/aromatic N) is 3. The molecule has 9 heteroatoms. The lowest BCUT2D eigenvalue weighted by Gasteiger charge is -2.37. The molecule has 160 valence electrons. The zero-order chi connectivity index (χ0) is 22.0. The topological polar surface area (TPSA) is 85.0 Å². The summed E-state index contributed by atoms with van der Waals surface area (Å²) in [5.41, 5.74) is 4.71. The molecule has 1 unspecified atom stereocenters. The maximum atomic E-state index is 13.2. The molecule has 2 heterocycles. The highest BCUT2D eigenvalue weighted by Crippen LogP contribution is 2.27. The van der Waals surface area contributed by atoms with E-state index in [-0.39, 0.29) is 19.0 Å². The zero-order valence-electron chi connectivity index (χ0n) is 16.9. The summed E-state index contributed by atoms with van der Waals surface area (Å²) in [6.07, 6.45) is 1.67. The van der Waals surface area contributed by atoms with Crippen molar-refractivity contribution in [1.82, 2.24) is 20.2 Å². The number of carbonyl (C=O) groups excluding carboxylic acids is 3. The molecule has 0 bridgehead atoms. The smallest absolute Gasteiger partial charge is 0.325 e. The van der Waals surface area contributed by atoms with Gasteiger partial charge in [-0.1, -0.05) is 30.3 Å². The molecule has 1 atom stereocenters. The fraction of sp³-hybridized carbons (Fsp3) is 0.227. The van der Waals surface area contributed by atoms with E-state index in [4.69, 9.17) is 0 Å². The molecule has 0 aromatic heterocycles. The van der Waals surface area contributed by atoms with Crippen LogP contribution in [0.5, 0.6) is 0 Å². The molecule has 31 heavy (non-hydrogen) atoms. The van der Waals surface area contributed by atoms with E-state index in [0.717, 1.165) is 10.5 Å². The van der Waals surface area contributed by atoms with Crippen LogP contribution in [-0.4, -0.2) is 51.8 Å². The fourth-order valence-electron chi connectivity index (χ4n) is 3.55. The van der Waals surface area contributed by atoms with Crippen molar-refractivity contribution in [2.75, 3.05) is 18.4 Å². The number of hydrazine groups is 1. The number of hydrogen-bond acceptors (Lipinski definition) is 5. The van der Waals surface area contributed by atoms with E-state index in [1.165, 1.54) is 29.2 Å². The van der Waals surface area contributed by atoms with Gasteiger partial charge in [0.1, 0.15) is 18.4 Å². The minimum absolute atomic E-state index is 0.103. The van der Waals surface area contributed by atoms with Gasteiger partial charge in [-0.05, 0) is 36.8 Å². The fourth-order valence-corrected chi connectivity index (χ4v) is 3.55. The van der Waals surface area contributed by atoms with Gasteiger partial charge in [0.25, 0.3) is 5.91 Å². The van der Waals surface area contributed by atoms with Crippen molar-refractivity contribution < 1.29 is 18.8 Å². The Hall–Kier alpha value is -3.72. The molecule has 0 radical (unpaired) electrons. The lowest BCUT2D eigenvalue weighted by atomic mass is 10.1. The van der Waals surface area contributed by atoms with Crippen LogP contribution in [-0.2, 0) is 16.1 Å². The first-order chi connectivity index (χ1) is 15.0. The maximum absolute atomic E-state index is 13.2. The van der Waals surface area contributed by atoms with Crippen molar-refractivity contribution in [3.63, 3.8) is 0 Å². The van der Waals surface area contributed by atoms with Gasteiger partial charge in [0.15, 0.2) is 0 Å². The van der Waals surface area contributed by atoms with Crippen LogP contribution in [0.3, 0.4) is 0 Å². The normalized spacial score (nSPS) is 18.2. The summed E-state index contributed by atoms with van der Waals surface area (Å²) < 4.78 is 13.1. The van der Waals surface area contributed by atoms with Crippen LogP contribution in [0.2, 0.25) is 0 Å². The SMILES string of the molecule is CCN1C=C2C(N1)C(=O)N(Cc1ccccc1)C(=O)N2CC(=O)Nc1ccc(F)cc1. The lowest BCUT2D eigenvalue weighted by Crippen LogP contribution is -2.61. The molecule has 4 amide bonds. The maximum Gasteiger partial charge on any atom is 0.331 e. The Balaban J connectivity index is 1.57. The first-order valence-electron chi connectivity index (χ1n) is 9.93. The summed E-state index contributed by atoms with van der Waals surface area (Å²) in [7, 11) is 0. The second kappa shape index (κ2) is 8.57. The molecule has 2 aromatic carbocycles. The second-order valence-corrected chi connectivity index (χ2v) is 7.24. The molecule has 2 aliphatic rings. The predicted molar refractivity (Wildman–Crippen MR) is 112 cm³/mol. The van der Waals surface area contributed by atoms with E-state index < -0.39 is 23.8 Å². The van der Waals surface area contributed by atoms with Crippen molar-refractivity contribution in [2.24, 2.45) is 0 Å². The molecular weight excluding hydrogens is 401 g/mol. The minimum Gasteiger partial charge on any atom is -0.325 e. The van der Waals surface area contributed by atoms with Gasteiger partial charge in [-0.15, -0.1) is 0 Å². The van der Waals surface area contributed by atoms with Gasteiger partial charge in [-0.2, -0.15) is 0 Å². The van der Waals surface area contributed by atoms with Crippen LogP contribution in [0, 0.1) is 5.82 Å². The van der Waals surface area contributed by atoms with Gasteiger partial charge >= 0.3 is 6.03 Å². The van der Waals surface area contributed by atoms with E-state index in [9.17, 15) is 18.8 Å². The number of carbonyl (C=O) groups is 3. The van der Waals surface area contributed by atoms with Gasteiger partial charge in [-0.3, -0.25) is 19.4 Å². The lowest BCUT2D eigenvalue weighted by molar-refractivity contribution is -0.133. The number of amides is 4. The first kappa shape index (κ1) is 20.5. The van der Waals surface area contributed by atoms with E-state index in [0.29, 0.717) is 17.9 Å². The van der Waals surface area contributed by atoms with Gasteiger partial charge < -0.3 is 10.3 Å². The molecule has 1 fully saturated rings. The van der Waals surface area contributed by atoms with Gasteiger partial charge in [0.2, 0.25) is 5.91 Å². The monoisotopic (exact) mass is 423 g/mol. The second-order valence-electron chi connectivity index (χ2n) is 7.24. The number of urea groups is 1. The highest BCUT2D eigenvalue weighted by molar-refractivity contribution is 6.05. The number of halogens is 1. The molecule has 1 saturated heterocycles. The van der Waals surface area contributed by atoms with Gasteiger partial charge in [-0.25, -0.2) is 14.6 Å². The number of hydrogen-bond donors (Lipinski definition) is 2. The predicted octanol–water partition coefficient (Wildman–Crippen LogP) is 2.28. The number of nitrogens with one attached hydrogen (secondary N) is 2. The van der Waals surface area contributed by atoms with Gasteiger partial charge in [0, 0.05) is 18.4 Å². The van der Waals surface area contributed by atoms with Crippen LogP contribution in [0.1, 0.15) is 12.5 Å². The Morgan fingerprint density at radius 2 is 1.77 bits per heavy atom. The van der Waals surface area contributed by atoms with E-state index >= 15 is 0 Å². The van der Waals surface area contributed by atoms with Crippen molar-refractivity contribution in [3.05, 3.63) is 77.9 Å². The van der Waals surface area contributed by atoms with Crippen molar-refractivity contribution >= 4 is 23.5 Å². The third kappa shape index (κ3) is 4.26. The number of fused-ring (bicyclic) bond motifs is 1. The summed E-state index contributed by atoms with van der Waals surface area (Å²) in [5.74, 6) is -1.24. The molecule has 0 aliphatic carbocycles. The number of rotatable bonds is 6. The van der Waals surface area contributed by atoms with E-state index in [2.05, 4.69) is 10.7 Å². The van der Waals surface area contributed by atoms with E-state index in [1.54, 1.807) is 11.2 Å². The summed E-state index contributed by atoms with van der Waals surface area (Å²) in [4.78, 5) is 41.4. The minimum atomic E-state index is -0.750. The summed E-state index contributed by atoms with van der Waals surface area (Å²) in [5, 5.41) is 4.36. The quantitative estimate of drug-likeness (QED) is 0.745. The molecule has 2 aliphatic heterocycles. The van der Waals surface area contributed by atoms with Gasteiger partial charge in [0.05, 0.1) is 12.2 Å². The Labute approximate surface area is 178 Å². The van der Waals surface area contributed by atoms with Crippen molar-refractivity contribution in [3.8, 4) is 0 Å². The first-order valence-corrected chi connectivity index (χ1v) is 9.93. The molecule has 0 saturated carbocycles. The standard InChI is InChI=1S/C22H22FN5O3/c1-2-26-13-18-20(25-26)21(30)28(12-15-6-4-3-5-7-15)22(31)27(18)14-19(29)24-17-10-8-16(23)9-11-17/h3-11,13,20,25H,2,12,14H2,1H3,(H,24,29). The van der Waals surface area contributed by atoms with Crippen molar-refractivity contribution in [2.45, 2.75) is 19.5 Å². The largest absolute Gasteiger partial charge is 0.331 e. The third-order valence-corrected chi connectivity index (χ3v) is 5.12. The summed E-state index contributed by atoms with van der Waals surface area (Å²) in [6, 6.07) is 13.2. The third-order valence-electron chi connectivity index (χ3n) is 5.12. The Bertz CT molecular complexity index is 1030. The summed E-state index contributed by atoms with van der Waals surface area (Å²) >= 11 is 0. The van der Waals surface area contributed by atoms with Crippen molar-refractivity contribution in [1.29, 1.82) is 0 Å². The van der Waals surface area contributed by atoms with Crippen LogP contribution in [0.4, 0.5) is 14.9 Å². The number of anilines is 1. The van der Waals surface area contributed by atoms with Crippen LogP contribution in [0.15, 0.2) is 66.5 Å². The average Bonchev–Trinajstić information content (AvgIpc) is 3.21. The molecule has 2 aromatic rings. The van der Waals surface area contributed by atoms with Crippen LogP contribution in [0.25, 0.3) is 0 Å². The Kier molecular flexibility index (Phi) is 5.68. The van der Waals surface area contributed by atoms with Crippen LogP contribution >= 0.6 is 0 Å². The highest BCUT2D eigenvalue weighted by atomic mass is 19.1. The number of imide groups is 1. The Morgan fingerprint density at radius 3 is 2.45 bits per heavy atom.